The van der Waals surface area contributed by atoms with E-state index in [1.165, 1.54) is 6.07 Å². The predicted molar refractivity (Wildman–Crippen MR) is 101 cm³/mol. The van der Waals surface area contributed by atoms with Gasteiger partial charge >= 0.3 is 0 Å². The van der Waals surface area contributed by atoms with E-state index >= 15 is 0 Å². The number of nitrogens with zero attached hydrogens (tertiary/aromatic N) is 3. The Morgan fingerprint density at radius 2 is 2.08 bits per heavy atom. The van der Waals surface area contributed by atoms with E-state index in [4.69, 9.17) is 11.0 Å². The molecule has 0 bridgehead atoms. The molecule has 7 heteroatoms. The quantitative estimate of drug-likeness (QED) is 0.572. The summed E-state index contributed by atoms with van der Waals surface area (Å²) in [5.41, 5.74) is 8.45. The molecule has 0 spiro atoms. The molecule has 1 heterocycles. The van der Waals surface area contributed by atoms with E-state index in [0.29, 0.717) is 29.8 Å². The summed E-state index contributed by atoms with van der Waals surface area (Å²) in [5, 5.41) is 31.8. The molecule has 2 rings (SSSR count). The van der Waals surface area contributed by atoms with Gasteiger partial charge in [0.2, 0.25) is 5.95 Å². The summed E-state index contributed by atoms with van der Waals surface area (Å²) >= 11 is 0. The normalized spacial score (nSPS) is 11.8. The molecule has 7 nitrogen and oxygen atoms in total. The molecule has 1 aromatic carbocycles. The van der Waals surface area contributed by atoms with Crippen LogP contribution in [0.25, 0.3) is 0 Å². The van der Waals surface area contributed by atoms with Gasteiger partial charge in [0.05, 0.1) is 11.6 Å². The fraction of sp³-hybridized carbons (Fsp3) is 0.421. The third-order valence-corrected chi connectivity index (χ3v) is 4.27. The van der Waals surface area contributed by atoms with Crippen molar-refractivity contribution in [2.24, 2.45) is 0 Å². The zero-order valence-electron chi connectivity index (χ0n) is 15.2. The minimum Gasteiger partial charge on any atom is -0.508 e. The molecule has 0 aliphatic rings. The van der Waals surface area contributed by atoms with Crippen molar-refractivity contribution in [3.05, 3.63) is 40.6 Å². The van der Waals surface area contributed by atoms with Crippen LogP contribution < -0.4 is 11.1 Å². The maximum atomic E-state index is 10.2. The average Bonchev–Trinajstić information content (AvgIpc) is 2.59. The number of hydrogen-bond donors (Lipinski definition) is 4. The number of nitrogen functional groups attached to an aromatic ring is 1. The van der Waals surface area contributed by atoms with Crippen LogP contribution in [0.2, 0.25) is 0 Å². The monoisotopic (exact) mass is 355 g/mol. The molecule has 1 aromatic heterocycles. The smallest absolute Gasteiger partial charge is 0.222 e. The Kier molecular flexibility index (Phi) is 6.75. The molecule has 0 unspecified atom stereocenters. The van der Waals surface area contributed by atoms with E-state index < -0.39 is 0 Å². The van der Waals surface area contributed by atoms with Crippen molar-refractivity contribution in [2.75, 3.05) is 17.7 Å². The van der Waals surface area contributed by atoms with Crippen LogP contribution in [0, 0.1) is 18.3 Å². The first-order valence-corrected chi connectivity index (χ1v) is 8.70. The Morgan fingerprint density at radius 3 is 2.69 bits per heavy atom. The zero-order chi connectivity index (χ0) is 19.1. The Hall–Kier alpha value is -2.85. The number of nitriles is 1. The maximum absolute atomic E-state index is 10.2. The van der Waals surface area contributed by atoms with Crippen molar-refractivity contribution in [3.8, 4) is 11.8 Å². The lowest BCUT2D eigenvalue weighted by Gasteiger charge is -2.21. The Bertz CT molecular complexity index is 795. The van der Waals surface area contributed by atoms with Crippen molar-refractivity contribution in [1.29, 1.82) is 5.26 Å². The third kappa shape index (κ3) is 4.83. The molecular formula is C19H25N5O2. The van der Waals surface area contributed by atoms with Gasteiger partial charge in [-0.2, -0.15) is 10.2 Å². The van der Waals surface area contributed by atoms with Gasteiger partial charge in [0.25, 0.3) is 0 Å². The molecule has 138 valence electrons. The fourth-order valence-electron chi connectivity index (χ4n) is 2.91. The van der Waals surface area contributed by atoms with Crippen molar-refractivity contribution in [2.45, 2.75) is 45.6 Å². The van der Waals surface area contributed by atoms with Gasteiger partial charge in [-0.1, -0.05) is 19.4 Å². The third-order valence-electron chi connectivity index (χ3n) is 4.27. The van der Waals surface area contributed by atoms with Gasteiger partial charge in [0.15, 0.2) is 0 Å². The van der Waals surface area contributed by atoms with Gasteiger partial charge in [-0.05, 0) is 37.5 Å². The molecule has 0 amide bonds. The number of hydrogen-bond acceptors (Lipinski definition) is 7. The molecule has 0 saturated heterocycles. The number of aryl methyl sites for hydroxylation is 1. The van der Waals surface area contributed by atoms with Crippen LogP contribution in [0.3, 0.4) is 0 Å². The Labute approximate surface area is 153 Å². The van der Waals surface area contributed by atoms with Crippen molar-refractivity contribution < 1.29 is 10.2 Å². The number of aromatic nitrogens is 2. The number of aromatic hydroxyl groups is 1. The lowest BCUT2D eigenvalue weighted by molar-refractivity contribution is 0.276. The number of nitrogens with two attached hydrogens (primary N) is 1. The highest BCUT2D eigenvalue weighted by Crippen LogP contribution is 2.27. The first kappa shape index (κ1) is 19.5. The summed E-state index contributed by atoms with van der Waals surface area (Å²) < 4.78 is 0. The molecule has 2 aromatic rings. The maximum Gasteiger partial charge on any atom is 0.222 e. The van der Waals surface area contributed by atoms with Crippen LogP contribution in [0.5, 0.6) is 5.75 Å². The predicted octanol–water partition coefficient (Wildman–Crippen LogP) is 2.50. The topological polar surface area (TPSA) is 128 Å². The first-order valence-electron chi connectivity index (χ1n) is 8.70. The van der Waals surface area contributed by atoms with Crippen LogP contribution >= 0.6 is 0 Å². The number of aliphatic hydroxyl groups is 1. The largest absolute Gasteiger partial charge is 0.508 e. The van der Waals surface area contributed by atoms with Crippen LogP contribution in [0.1, 0.15) is 48.6 Å². The van der Waals surface area contributed by atoms with Gasteiger partial charge in [-0.3, -0.25) is 0 Å². The number of phenols is 1. The summed E-state index contributed by atoms with van der Waals surface area (Å²) in [6, 6.07) is 6.92. The van der Waals surface area contributed by atoms with E-state index in [9.17, 15) is 10.2 Å². The van der Waals surface area contributed by atoms with Crippen molar-refractivity contribution in [1.82, 2.24) is 9.97 Å². The van der Waals surface area contributed by atoms with E-state index in [-0.39, 0.29) is 24.3 Å². The average molecular weight is 355 g/mol. The van der Waals surface area contributed by atoms with Gasteiger partial charge in [0.1, 0.15) is 11.6 Å². The SMILES string of the molecule is CCC[C@@H](CCO)Nc1nc(N)nc(C)c1Cc1ccc(C#N)cc1O. The molecule has 0 fully saturated rings. The van der Waals surface area contributed by atoms with Gasteiger partial charge < -0.3 is 21.3 Å². The Morgan fingerprint density at radius 1 is 1.31 bits per heavy atom. The summed E-state index contributed by atoms with van der Waals surface area (Å²) in [6.07, 6.45) is 2.89. The number of phenolic OH excluding ortho intramolecular Hbond substituents is 1. The van der Waals surface area contributed by atoms with Crippen LogP contribution in [-0.2, 0) is 6.42 Å². The second kappa shape index (κ2) is 9.02. The number of anilines is 2. The molecule has 0 aliphatic carbocycles. The highest BCUT2D eigenvalue weighted by Gasteiger charge is 2.17. The minimum atomic E-state index is 0.0618. The molecule has 0 radical (unpaired) electrons. The van der Waals surface area contributed by atoms with Crippen molar-refractivity contribution in [3.63, 3.8) is 0 Å². The van der Waals surface area contributed by atoms with E-state index in [1.807, 2.05) is 13.0 Å². The number of benzene rings is 1. The minimum absolute atomic E-state index is 0.0618. The van der Waals surface area contributed by atoms with Gasteiger partial charge in [-0.15, -0.1) is 0 Å². The highest BCUT2D eigenvalue weighted by molar-refractivity contribution is 5.54. The zero-order valence-corrected chi connectivity index (χ0v) is 15.2. The second-order valence-corrected chi connectivity index (χ2v) is 6.27. The molecule has 0 saturated carbocycles. The second-order valence-electron chi connectivity index (χ2n) is 6.27. The first-order chi connectivity index (χ1) is 12.5. The summed E-state index contributed by atoms with van der Waals surface area (Å²) in [6.45, 7) is 4.02. The molecule has 1 atom stereocenters. The molecular weight excluding hydrogens is 330 g/mol. The summed E-state index contributed by atoms with van der Waals surface area (Å²) in [5.74, 6) is 0.856. The van der Waals surface area contributed by atoms with Crippen molar-refractivity contribution >= 4 is 11.8 Å². The fourth-order valence-corrected chi connectivity index (χ4v) is 2.91. The number of aliphatic hydroxyl groups excluding tert-OH is 1. The van der Waals surface area contributed by atoms with Crippen LogP contribution in [0.15, 0.2) is 18.2 Å². The summed E-state index contributed by atoms with van der Waals surface area (Å²) in [4.78, 5) is 8.57. The molecule has 26 heavy (non-hydrogen) atoms. The Balaban J connectivity index is 2.37. The van der Waals surface area contributed by atoms with E-state index in [0.717, 1.165) is 24.1 Å². The standard InChI is InChI=1S/C19H25N5O2/c1-3-4-15(7-8-25)23-18-16(12(2)22-19(21)24-18)10-14-6-5-13(11-20)9-17(14)26/h5-6,9,15,25-26H,3-4,7-8,10H2,1-2H3,(H3,21,22,23,24)/t15-/m0/s1. The van der Waals surface area contributed by atoms with Gasteiger partial charge in [0, 0.05) is 30.3 Å². The van der Waals surface area contributed by atoms with Gasteiger partial charge in [-0.25, -0.2) is 4.98 Å². The van der Waals surface area contributed by atoms with E-state index in [1.54, 1.807) is 12.1 Å². The summed E-state index contributed by atoms with van der Waals surface area (Å²) in [7, 11) is 0. The molecule has 0 aliphatic heterocycles. The number of rotatable bonds is 8. The number of nitrogens with one attached hydrogen (secondary N) is 1. The lowest BCUT2D eigenvalue weighted by Crippen LogP contribution is -2.23. The highest BCUT2D eigenvalue weighted by atomic mass is 16.3. The lowest BCUT2D eigenvalue weighted by atomic mass is 10.0. The van der Waals surface area contributed by atoms with Crippen LogP contribution in [-0.4, -0.2) is 32.8 Å². The van der Waals surface area contributed by atoms with E-state index in [2.05, 4.69) is 22.2 Å². The van der Waals surface area contributed by atoms with Crippen LogP contribution in [0.4, 0.5) is 11.8 Å². The molecule has 5 N–H and O–H groups in total.